The average molecular weight is 337 g/mol. The first-order chi connectivity index (χ1) is 12.1. The zero-order chi connectivity index (χ0) is 17.8. The minimum atomic E-state index is -1.35. The number of hydrogen-bond acceptors (Lipinski definition) is 5. The topological polar surface area (TPSA) is 84.9 Å². The van der Waals surface area contributed by atoms with Gasteiger partial charge < -0.3 is 19.9 Å². The number of methoxy groups -OCH3 is 1. The van der Waals surface area contributed by atoms with E-state index in [1.165, 1.54) is 6.08 Å². The van der Waals surface area contributed by atoms with Gasteiger partial charge in [0.15, 0.2) is 11.3 Å². The Morgan fingerprint density at radius 2 is 1.80 bits per heavy atom. The molecular formula is C19H15NO5. The van der Waals surface area contributed by atoms with Crippen LogP contribution in [0.2, 0.25) is 0 Å². The van der Waals surface area contributed by atoms with Crippen LogP contribution in [-0.2, 0) is 14.3 Å². The van der Waals surface area contributed by atoms with Crippen molar-refractivity contribution in [2.75, 3.05) is 12.4 Å². The third kappa shape index (κ3) is 3.53. The molecule has 0 amide bonds. The van der Waals surface area contributed by atoms with Crippen LogP contribution in [0.25, 0.3) is 6.08 Å². The summed E-state index contributed by atoms with van der Waals surface area (Å²) in [7, 11) is 1.56. The highest BCUT2D eigenvalue weighted by Crippen LogP contribution is 2.28. The Kier molecular flexibility index (Phi) is 4.52. The lowest BCUT2D eigenvalue weighted by Gasteiger charge is -2.07. The Labute approximate surface area is 144 Å². The van der Waals surface area contributed by atoms with E-state index in [0.29, 0.717) is 17.0 Å². The van der Waals surface area contributed by atoms with E-state index in [0.717, 1.165) is 0 Å². The first-order valence-electron chi connectivity index (χ1n) is 7.46. The van der Waals surface area contributed by atoms with Crippen molar-refractivity contribution in [3.8, 4) is 5.75 Å². The molecule has 0 bridgehead atoms. The predicted molar refractivity (Wildman–Crippen MR) is 91.8 cm³/mol. The second kappa shape index (κ2) is 6.92. The third-order valence-electron chi connectivity index (χ3n) is 3.55. The number of benzene rings is 2. The number of carbonyl (C=O) groups is 2. The van der Waals surface area contributed by atoms with Crippen LogP contribution in [0.15, 0.2) is 71.8 Å². The quantitative estimate of drug-likeness (QED) is 0.644. The number of carboxylic acid groups (broad SMARTS) is 1. The molecule has 2 aromatic rings. The molecule has 6 heteroatoms. The second-order valence-electron chi connectivity index (χ2n) is 5.21. The van der Waals surface area contributed by atoms with Crippen LogP contribution in [0.5, 0.6) is 5.75 Å². The molecular weight excluding hydrogens is 322 g/mol. The highest BCUT2D eigenvalue weighted by atomic mass is 16.5. The molecule has 2 N–H and O–H groups in total. The van der Waals surface area contributed by atoms with Gasteiger partial charge in [-0.3, -0.25) is 4.79 Å². The molecule has 1 aliphatic heterocycles. The van der Waals surface area contributed by atoms with Crippen LogP contribution in [0.3, 0.4) is 0 Å². The number of rotatable bonds is 5. The van der Waals surface area contributed by atoms with Gasteiger partial charge in [0.05, 0.1) is 7.11 Å². The molecule has 3 rings (SSSR count). The van der Waals surface area contributed by atoms with Crippen LogP contribution in [0.1, 0.15) is 5.56 Å². The molecule has 0 saturated carbocycles. The largest absolute Gasteiger partial charge is 0.497 e. The fraction of sp³-hybridized carbons (Fsp3) is 0.0526. The van der Waals surface area contributed by atoms with Crippen molar-refractivity contribution >= 4 is 23.5 Å². The van der Waals surface area contributed by atoms with Gasteiger partial charge in [0.2, 0.25) is 11.7 Å². The van der Waals surface area contributed by atoms with Crippen LogP contribution < -0.4 is 10.1 Å². The molecule has 25 heavy (non-hydrogen) atoms. The van der Waals surface area contributed by atoms with E-state index in [1.54, 1.807) is 55.6 Å². The molecule has 0 aromatic heterocycles. The zero-order valence-electron chi connectivity index (χ0n) is 13.4. The van der Waals surface area contributed by atoms with Crippen molar-refractivity contribution < 1.29 is 24.2 Å². The number of aliphatic carboxylic acids is 1. The number of nitrogens with one attached hydrogen (secondary N) is 1. The Bertz CT molecular complexity index is 866. The molecule has 1 aliphatic rings. The fourth-order valence-corrected chi connectivity index (χ4v) is 2.32. The predicted octanol–water partition coefficient (Wildman–Crippen LogP) is 3.04. The van der Waals surface area contributed by atoms with Crippen LogP contribution in [-0.4, -0.2) is 24.0 Å². The van der Waals surface area contributed by atoms with Crippen molar-refractivity contribution in [3.63, 3.8) is 0 Å². The standard InChI is InChI=1S/C19H15NO5/c1-24-14-9-7-12(8-10-14)11-15-17(21)16(19(22)23)18(25-15)20-13-5-3-2-4-6-13/h2-11,20H,1H3,(H,22,23)/b15-11-. The van der Waals surface area contributed by atoms with Crippen LogP contribution in [0.4, 0.5) is 5.69 Å². The summed E-state index contributed by atoms with van der Waals surface area (Å²) in [6, 6.07) is 15.8. The van der Waals surface area contributed by atoms with Gasteiger partial charge >= 0.3 is 5.97 Å². The number of allylic oxidation sites excluding steroid dienone is 1. The van der Waals surface area contributed by atoms with Gasteiger partial charge in [-0.05, 0) is 35.9 Å². The molecule has 1 heterocycles. The van der Waals surface area contributed by atoms with Gasteiger partial charge in [-0.1, -0.05) is 30.3 Å². The van der Waals surface area contributed by atoms with Crippen molar-refractivity contribution in [1.29, 1.82) is 0 Å². The SMILES string of the molecule is COc1ccc(/C=C2\OC(Nc3ccccc3)=C(C(=O)O)C2=O)cc1. The number of para-hydroxylation sites is 1. The van der Waals surface area contributed by atoms with Crippen molar-refractivity contribution in [1.82, 2.24) is 0 Å². The van der Waals surface area contributed by atoms with Gasteiger partial charge in [0.1, 0.15) is 5.75 Å². The number of anilines is 1. The average Bonchev–Trinajstić information content (AvgIpc) is 2.92. The molecule has 0 spiro atoms. The van der Waals surface area contributed by atoms with Crippen molar-refractivity contribution in [2.24, 2.45) is 0 Å². The summed E-state index contributed by atoms with van der Waals surface area (Å²) in [5, 5.41) is 12.2. The number of ketones is 1. The lowest BCUT2D eigenvalue weighted by atomic mass is 10.1. The van der Waals surface area contributed by atoms with E-state index in [1.807, 2.05) is 6.07 Å². The molecule has 0 aliphatic carbocycles. The smallest absolute Gasteiger partial charge is 0.345 e. The van der Waals surface area contributed by atoms with Gasteiger partial charge in [-0.2, -0.15) is 0 Å². The highest BCUT2D eigenvalue weighted by Gasteiger charge is 2.35. The van der Waals surface area contributed by atoms with Crippen LogP contribution >= 0.6 is 0 Å². The number of hydrogen-bond donors (Lipinski definition) is 2. The molecule has 2 aromatic carbocycles. The van der Waals surface area contributed by atoms with E-state index >= 15 is 0 Å². The lowest BCUT2D eigenvalue weighted by molar-refractivity contribution is -0.134. The molecule has 6 nitrogen and oxygen atoms in total. The Morgan fingerprint density at radius 1 is 1.12 bits per heavy atom. The van der Waals surface area contributed by atoms with E-state index < -0.39 is 17.3 Å². The highest BCUT2D eigenvalue weighted by molar-refractivity contribution is 6.26. The summed E-state index contributed by atoms with van der Waals surface area (Å²) in [5.74, 6) is -1.50. The Hall–Kier alpha value is -3.54. The first kappa shape index (κ1) is 16.3. The molecule has 0 radical (unpaired) electrons. The minimum Gasteiger partial charge on any atom is -0.497 e. The Balaban J connectivity index is 1.89. The summed E-state index contributed by atoms with van der Waals surface area (Å²) in [5.41, 5.74) is 0.883. The van der Waals surface area contributed by atoms with Gasteiger partial charge in [-0.25, -0.2) is 4.79 Å². The van der Waals surface area contributed by atoms with Crippen molar-refractivity contribution in [2.45, 2.75) is 0 Å². The summed E-state index contributed by atoms with van der Waals surface area (Å²) in [6.07, 6.45) is 1.49. The number of ether oxygens (including phenoxy) is 2. The minimum absolute atomic E-state index is 0.0546. The first-order valence-corrected chi connectivity index (χ1v) is 7.46. The van der Waals surface area contributed by atoms with Gasteiger partial charge in [-0.15, -0.1) is 0 Å². The maximum Gasteiger partial charge on any atom is 0.345 e. The molecule has 0 unspecified atom stereocenters. The molecule has 0 fully saturated rings. The molecule has 0 saturated heterocycles. The van der Waals surface area contributed by atoms with Crippen LogP contribution in [0, 0.1) is 0 Å². The van der Waals surface area contributed by atoms with E-state index in [4.69, 9.17) is 9.47 Å². The van der Waals surface area contributed by atoms with E-state index in [-0.39, 0.29) is 11.6 Å². The third-order valence-corrected chi connectivity index (χ3v) is 3.55. The second-order valence-corrected chi connectivity index (χ2v) is 5.21. The lowest BCUT2D eigenvalue weighted by Crippen LogP contribution is -2.12. The summed E-state index contributed by atoms with van der Waals surface area (Å²) >= 11 is 0. The number of carboxylic acids is 1. The molecule has 0 atom stereocenters. The normalized spacial score (nSPS) is 15.2. The number of carbonyl (C=O) groups excluding carboxylic acids is 1. The van der Waals surface area contributed by atoms with Gasteiger partial charge in [0, 0.05) is 5.69 Å². The number of Topliss-reactive ketones (excluding diaryl/α,β-unsaturated/α-hetero) is 1. The molecule has 126 valence electrons. The van der Waals surface area contributed by atoms with E-state index in [9.17, 15) is 14.7 Å². The summed E-state index contributed by atoms with van der Waals surface area (Å²) in [4.78, 5) is 23.8. The maximum atomic E-state index is 12.4. The van der Waals surface area contributed by atoms with E-state index in [2.05, 4.69) is 5.32 Å². The van der Waals surface area contributed by atoms with Crippen molar-refractivity contribution in [3.05, 3.63) is 77.4 Å². The maximum absolute atomic E-state index is 12.4. The monoisotopic (exact) mass is 337 g/mol. The Morgan fingerprint density at radius 3 is 2.40 bits per heavy atom. The summed E-state index contributed by atoms with van der Waals surface area (Å²) < 4.78 is 10.6. The van der Waals surface area contributed by atoms with Gasteiger partial charge in [0.25, 0.3) is 0 Å². The fourth-order valence-electron chi connectivity index (χ4n) is 2.32. The summed E-state index contributed by atoms with van der Waals surface area (Å²) in [6.45, 7) is 0. The zero-order valence-corrected chi connectivity index (χ0v) is 13.4.